The van der Waals surface area contributed by atoms with Crippen LogP contribution in [0.1, 0.15) is 18.0 Å². The SMILES string of the molecule is c1cnc2nn3c(c2c1)NCCC3c1ccsc1. The van der Waals surface area contributed by atoms with Gasteiger partial charge in [0, 0.05) is 12.7 Å². The van der Waals surface area contributed by atoms with Crippen LogP contribution in [0.25, 0.3) is 11.0 Å². The van der Waals surface area contributed by atoms with Crippen LogP contribution >= 0.6 is 11.3 Å². The van der Waals surface area contributed by atoms with Crippen LogP contribution in [0.3, 0.4) is 0 Å². The van der Waals surface area contributed by atoms with Crippen molar-refractivity contribution in [3.63, 3.8) is 0 Å². The number of hydrogen-bond donors (Lipinski definition) is 1. The van der Waals surface area contributed by atoms with Crippen LogP contribution < -0.4 is 5.32 Å². The topological polar surface area (TPSA) is 42.7 Å². The standard InChI is InChI=1S/C13H12N4S/c1-2-10-12(14-5-1)16-17-11(3-6-15-13(10)17)9-4-7-18-8-9/h1-2,4-5,7-8,11,15H,3,6H2. The Kier molecular flexibility index (Phi) is 2.14. The minimum atomic E-state index is 0.335. The lowest BCUT2D eigenvalue weighted by Gasteiger charge is -2.25. The molecule has 4 rings (SSSR count). The monoisotopic (exact) mass is 256 g/mol. The molecule has 0 aromatic carbocycles. The maximum absolute atomic E-state index is 4.64. The van der Waals surface area contributed by atoms with Crippen LogP contribution in [-0.2, 0) is 0 Å². The summed E-state index contributed by atoms with van der Waals surface area (Å²) >= 11 is 1.74. The predicted octanol–water partition coefficient (Wildman–Crippen LogP) is 2.90. The summed E-state index contributed by atoms with van der Waals surface area (Å²) in [6.45, 7) is 0.982. The zero-order valence-corrected chi connectivity index (χ0v) is 10.5. The highest BCUT2D eigenvalue weighted by molar-refractivity contribution is 7.07. The van der Waals surface area contributed by atoms with Crippen LogP contribution in [0.5, 0.6) is 0 Å². The third kappa shape index (κ3) is 1.37. The summed E-state index contributed by atoms with van der Waals surface area (Å²) in [6, 6.07) is 6.55. The Labute approximate surface area is 108 Å². The van der Waals surface area contributed by atoms with E-state index in [9.17, 15) is 0 Å². The van der Waals surface area contributed by atoms with Gasteiger partial charge >= 0.3 is 0 Å². The molecule has 3 aromatic rings. The van der Waals surface area contributed by atoms with Crippen LogP contribution in [-0.4, -0.2) is 21.3 Å². The molecule has 0 saturated heterocycles. The normalized spacial score (nSPS) is 18.6. The van der Waals surface area contributed by atoms with Crippen LogP contribution in [0.4, 0.5) is 5.82 Å². The lowest BCUT2D eigenvalue weighted by molar-refractivity contribution is 0.486. The number of nitrogens with one attached hydrogen (secondary N) is 1. The van der Waals surface area contributed by atoms with E-state index < -0.39 is 0 Å². The third-order valence-electron chi connectivity index (χ3n) is 3.41. The molecule has 18 heavy (non-hydrogen) atoms. The van der Waals surface area contributed by atoms with Crippen molar-refractivity contribution in [3.8, 4) is 0 Å². The Hall–Kier alpha value is -1.88. The lowest BCUT2D eigenvalue weighted by atomic mass is 10.1. The van der Waals surface area contributed by atoms with Crippen molar-refractivity contribution in [2.24, 2.45) is 0 Å². The van der Waals surface area contributed by atoms with E-state index in [-0.39, 0.29) is 0 Å². The zero-order chi connectivity index (χ0) is 11.9. The van der Waals surface area contributed by atoms with E-state index >= 15 is 0 Å². The first-order chi connectivity index (χ1) is 8.93. The number of fused-ring (bicyclic) bond motifs is 3. The average molecular weight is 256 g/mol. The van der Waals surface area contributed by atoms with Gasteiger partial charge in [0.1, 0.15) is 5.82 Å². The highest BCUT2D eigenvalue weighted by atomic mass is 32.1. The van der Waals surface area contributed by atoms with Crippen molar-refractivity contribution >= 4 is 28.2 Å². The number of rotatable bonds is 1. The van der Waals surface area contributed by atoms with E-state index in [4.69, 9.17) is 0 Å². The lowest BCUT2D eigenvalue weighted by Crippen LogP contribution is -2.23. The van der Waals surface area contributed by atoms with Gasteiger partial charge in [-0.15, -0.1) is 5.10 Å². The van der Waals surface area contributed by atoms with Crippen molar-refractivity contribution in [2.75, 3.05) is 11.9 Å². The van der Waals surface area contributed by atoms with Crippen molar-refractivity contribution in [2.45, 2.75) is 12.5 Å². The number of pyridine rings is 1. The second-order valence-corrected chi connectivity index (χ2v) is 5.24. The summed E-state index contributed by atoms with van der Waals surface area (Å²) < 4.78 is 2.09. The van der Waals surface area contributed by atoms with Gasteiger partial charge in [0.05, 0.1) is 11.4 Å². The molecule has 1 aliphatic rings. The highest BCUT2D eigenvalue weighted by Crippen LogP contribution is 2.34. The van der Waals surface area contributed by atoms with Gasteiger partial charge in [0.2, 0.25) is 0 Å². The van der Waals surface area contributed by atoms with Gasteiger partial charge < -0.3 is 5.32 Å². The van der Waals surface area contributed by atoms with E-state index in [0.29, 0.717) is 6.04 Å². The Morgan fingerprint density at radius 3 is 3.28 bits per heavy atom. The smallest absolute Gasteiger partial charge is 0.183 e. The highest BCUT2D eigenvalue weighted by Gasteiger charge is 2.24. The molecule has 4 nitrogen and oxygen atoms in total. The molecule has 3 aromatic heterocycles. The summed E-state index contributed by atoms with van der Waals surface area (Å²) in [7, 11) is 0. The molecule has 0 bridgehead atoms. The summed E-state index contributed by atoms with van der Waals surface area (Å²) in [5.41, 5.74) is 2.16. The molecule has 1 atom stereocenters. The predicted molar refractivity (Wildman–Crippen MR) is 73.1 cm³/mol. The minimum Gasteiger partial charge on any atom is -0.370 e. The maximum atomic E-state index is 4.64. The van der Waals surface area contributed by atoms with Crippen molar-refractivity contribution < 1.29 is 0 Å². The quantitative estimate of drug-likeness (QED) is 0.728. The Morgan fingerprint density at radius 1 is 1.39 bits per heavy atom. The Morgan fingerprint density at radius 2 is 2.39 bits per heavy atom. The van der Waals surface area contributed by atoms with Gasteiger partial charge in [-0.1, -0.05) is 0 Å². The number of thiophene rings is 1. The number of hydrogen-bond acceptors (Lipinski definition) is 4. The fraction of sp³-hybridized carbons (Fsp3) is 0.231. The summed E-state index contributed by atoms with van der Waals surface area (Å²) in [5, 5.41) is 13.5. The van der Waals surface area contributed by atoms with Crippen molar-refractivity contribution in [1.29, 1.82) is 0 Å². The molecule has 1 N–H and O–H groups in total. The molecule has 0 aliphatic carbocycles. The van der Waals surface area contributed by atoms with E-state index in [0.717, 1.165) is 29.8 Å². The van der Waals surface area contributed by atoms with Gasteiger partial charge in [-0.05, 0) is 40.9 Å². The molecule has 0 radical (unpaired) electrons. The van der Waals surface area contributed by atoms with Gasteiger partial charge in [-0.2, -0.15) is 11.3 Å². The summed E-state index contributed by atoms with van der Waals surface area (Å²) in [4.78, 5) is 4.33. The molecule has 1 aliphatic heterocycles. The zero-order valence-electron chi connectivity index (χ0n) is 9.71. The molecule has 0 amide bonds. The van der Waals surface area contributed by atoms with Gasteiger partial charge in [0.15, 0.2) is 5.65 Å². The number of anilines is 1. The fourth-order valence-corrected chi connectivity index (χ4v) is 3.27. The van der Waals surface area contributed by atoms with Gasteiger partial charge in [0.25, 0.3) is 0 Å². The minimum absolute atomic E-state index is 0.335. The van der Waals surface area contributed by atoms with E-state index in [2.05, 4.69) is 43.0 Å². The molecule has 0 saturated carbocycles. The van der Waals surface area contributed by atoms with E-state index in [1.54, 1.807) is 17.5 Å². The number of aromatic nitrogens is 3. The first-order valence-corrected chi connectivity index (χ1v) is 6.97. The number of nitrogens with zero attached hydrogens (tertiary/aromatic N) is 3. The molecule has 90 valence electrons. The summed E-state index contributed by atoms with van der Waals surface area (Å²) in [5.74, 6) is 1.10. The first kappa shape index (κ1) is 10.1. The second-order valence-electron chi connectivity index (χ2n) is 4.46. The summed E-state index contributed by atoms with van der Waals surface area (Å²) in [6.07, 6.45) is 2.86. The van der Waals surface area contributed by atoms with E-state index in [1.165, 1.54) is 5.56 Å². The van der Waals surface area contributed by atoms with Crippen LogP contribution in [0.15, 0.2) is 35.2 Å². The molecular formula is C13H12N4S. The van der Waals surface area contributed by atoms with Gasteiger partial charge in [-0.3, -0.25) is 0 Å². The Balaban J connectivity index is 1.94. The molecule has 0 fully saturated rings. The van der Waals surface area contributed by atoms with Gasteiger partial charge in [-0.25, -0.2) is 9.67 Å². The largest absolute Gasteiger partial charge is 0.370 e. The fourth-order valence-electron chi connectivity index (χ4n) is 2.56. The second kappa shape index (κ2) is 3.81. The average Bonchev–Trinajstić information content (AvgIpc) is 3.05. The van der Waals surface area contributed by atoms with Crippen LogP contribution in [0.2, 0.25) is 0 Å². The van der Waals surface area contributed by atoms with Crippen molar-refractivity contribution in [3.05, 3.63) is 40.7 Å². The Bertz CT molecular complexity index is 686. The molecular weight excluding hydrogens is 244 g/mol. The molecule has 4 heterocycles. The maximum Gasteiger partial charge on any atom is 0.183 e. The first-order valence-electron chi connectivity index (χ1n) is 6.03. The van der Waals surface area contributed by atoms with Crippen LogP contribution in [0, 0.1) is 0 Å². The molecule has 1 unspecified atom stereocenters. The van der Waals surface area contributed by atoms with E-state index in [1.807, 2.05) is 6.07 Å². The third-order valence-corrected chi connectivity index (χ3v) is 4.11. The molecule has 5 heteroatoms. The molecule has 0 spiro atoms. The van der Waals surface area contributed by atoms with Crippen molar-refractivity contribution in [1.82, 2.24) is 14.8 Å².